The predicted molar refractivity (Wildman–Crippen MR) is 115 cm³/mol. The molecule has 1 aliphatic heterocycles. The van der Waals surface area contributed by atoms with Crippen molar-refractivity contribution < 1.29 is 23.8 Å². The van der Waals surface area contributed by atoms with Crippen molar-refractivity contribution in [1.82, 2.24) is 9.78 Å². The van der Waals surface area contributed by atoms with Crippen molar-refractivity contribution >= 4 is 18.0 Å². The number of hydrogen-bond acceptors (Lipinski definition) is 6. The van der Waals surface area contributed by atoms with Gasteiger partial charge in [-0.25, -0.2) is 14.3 Å². The number of hydrogen-bond donors (Lipinski definition) is 0. The molecular weight excluding hydrogens is 396 g/mol. The van der Waals surface area contributed by atoms with Gasteiger partial charge in [-0.2, -0.15) is 5.10 Å². The van der Waals surface area contributed by atoms with Gasteiger partial charge in [0.2, 0.25) is 0 Å². The van der Waals surface area contributed by atoms with Gasteiger partial charge in [0.05, 0.1) is 19.9 Å². The average molecular weight is 418 g/mol. The van der Waals surface area contributed by atoms with E-state index in [2.05, 4.69) is 5.10 Å². The predicted octanol–water partition coefficient (Wildman–Crippen LogP) is 4.30. The zero-order chi connectivity index (χ0) is 22.2. The van der Waals surface area contributed by atoms with Crippen LogP contribution < -0.4 is 4.74 Å². The molecule has 2 heterocycles. The van der Waals surface area contributed by atoms with E-state index in [1.165, 1.54) is 18.9 Å². The fourth-order valence-corrected chi connectivity index (χ4v) is 3.48. The monoisotopic (exact) mass is 418 g/mol. The third-order valence-corrected chi connectivity index (χ3v) is 4.97. The molecule has 0 saturated heterocycles. The van der Waals surface area contributed by atoms with Crippen molar-refractivity contribution in [1.29, 1.82) is 0 Å². The lowest BCUT2D eigenvalue weighted by atomic mass is 9.98. The molecule has 0 N–H and O–H groups in total. The zero-order valence-corrected chi connectivity index (χ0v) is 17.7. The van der Waals surface area contributed by atoms with E-state index in [-0.39, 0.29) is 11.3 Å². The third kappa shape index (κ3) is 3.70. The van der Waals surface area contributed by atoms with Crippen molar-refractivity contribution in [2.24, 2.45) is 0 Å². The van der Waals surface area contributed by atoms with Crippen LogP contribution in [0.4, 0.5) is 0 Å². The number of methoxy groups -OCH3 is 2. The molecular formula is C24H22N2O5. The highest BCUT2D eigenvalue weighted by Gasteiger charge is 2.32. The van der Waals surface area contributed by atoms with Gasteiger partial charge in [0.15, 0.2) is 5.69 Å². The van der Waals surface area contributed by atoms with E-state index in [1.54, 1.807) is 18.2 Å². The van der Waals surface area contributed by atoms with Crippen molar-refractivity contribution in [2.75, 3.05) is 14.2 Å². The summed E-state index contributed by atoms with van der Waals surface area (Å²) in [6.07, 6.45) is 3.93. The van der Waals surface area contributed by atoms with Crippen molar-refractivity contribution in [3.8, 4) is 22.7 Å². The number of aromatic nitrogens is 2. The Balaban J connectivity index is 1.95. The second-order valence-corrected chi connectivity index (χ2v) is 7.59. The van der Waals surface area contributed by atoms with Crippen LogP contribution >= 0.6 is 0 Å². The molecule has 0 fully saturated rings. The van der Waals surface area contributed by atoms with Crippen molar-refractivity contribution in [3.05, 3.63) is 71.4 Å². The molecule has 0 atom stereocenters. The SMILES string of the molecule is COC(=O)c1c(-c2ccc3c(c2)C=CC(C)(C)O3)nn(-c2ccccc2)c1C(=O)OC. The summed E-state index contributed by atoms with van der Waals surface area (Å²) in [5, 5.41) is 4.62. The fraction of sp³-hybridized carbons (Fsp3) is 0.208. The Morgan fingerprint density at radius 3 is 2.39 bits per heavy atom. The van der Waals surface area contributed by atoms with E-state index >= 15 is 0 Å². The highest BCUT2D eigenvalue weighted by molar-refractivity contribution is 6.07. The topological polar surface area (TPSA) is 79.7 Å². The van der Waals surface area contributed by atoms with E-state index in [0.29, 0.717) is 16.9 Å². The Labute approximate surface area is 179 Å². The van der Waals surface area contributed by atoms with Gasteiger partial charge in [0.25, 0.3) is 0 Å². The summed E-state index contributed by atoms with van der Waals surface area (Å²) in [7, 11) is 2.52. The van der Waals surface area contributed by atoms with Crippen LogP contribution in [0, 0.1) is 0 Å². The third-order valence-electron chi connectivity index (χ3n) is 4.97. The Morgan fingerprint density at radius 2 is 1.71 bits per heavy atom. The van der Waals surface area contributed by atoms with Crippen LogP contribution in [-0.2, 0) is 9.47 Å². The summed E-state index contributed by atoms with van der Waals surface area (Å²) >= 11 is 0. The van der Waals surface area contributed by atoms with Gasteiger partial charge in [-0.05, 0) is 50.3 Å². The van der Waals surface area contributed by atoms with Gasteiger partial charge in [-0.3, -0.25) is 0 Å². The molecule has 0 saturated carbocycles. The minimum atomic E-state index is -0.689. The van der Waals surface area contributed by atoms with E-state index in [4.69, 9.17) is 14.2 Å². The Hall–Kier alpha value is -3.87. The highest BCUT2D eigenvalue weighted by atomic mass is 16.5. The molecule has 0 aliphatic carbocycles. The number of para-hydroxylation sites is 1. The first-order valence-electron chi connectivity index (χ1n) is 9.72. The fourth-order valence-electron chi connectivity index (χ4n) is 3.48. The smallest absolute Gasteiger partial charge is 0.357 e. The van der Waals surface area contributed by atoms with Crippen LogP contribution in [0.15, 0.2) is 54.6 Å². The molecule has 3 aromatic rings. The van der Waals surface area contributed by atoms with Gasteiger partial charge in [-0.1, -0.05) is 24.3 Å². The minimum Gasteiger partial charge on any atom is -0.483 e. The zero-order valence-electron chi connectivity index (χ0n) is 17.7. The second kappa shape index (κ2) is 7.75. The van der Waals surface area contributed by atoms with E-state index in [1.807, 2.05) is 56.3 Å². The molecule has 0 spiro atoms. The Morgan fingerprint density at radius 1 is 1.00 bits per heavy atom. The molecule has 0 bridgehead atoms. The summed E-state index contributed by atoms with van der Waals surface area (Å²) in [6.45, 7) is 3.94. The summed E-state index contributed by atoms with van der Waals surface area (Å²) in [4.78, 5) is 25.4. The first-order valence-corrected chi connectivity index (χ1v) is 9.72. The molecule has 0 unspecified atom stereocenters. The van der Waals surface area contributed by atoms with Crippen molar-refractivity contribution in [3.63, 3.8) is 0 Å². The standard InChI is InChI=1S/C24H22N2O5/c1-24(2)13-12-15-14-16(10-11-18(15)31-24)20-19(22(27)29-3)21(23(28)30-4)26(25-20)17-8-6-5-7-9-17/h5-14H,1-4H3. The maximum atomic E-state index is 12.7. The maximum absolute atomic E-state index is 12.7. The lowest BCUT2D eigenvalue weighted by Crippen LogP contribution is -2.27. The number of esters is 2. The maximum Gasteiger partial charge on any atom is 0.357 e. The normalized spacial score (nSPS) is 13.8. The van der Waals surface area contributed by atoms with Gasteiger partial charge in [0, 0.05) is 11.1 Å². The number of fused-ring (bicyclic) bond motifs is 1. The lowest BCUT2D eigenvalue weighted by molar-refractivity contribution is 0.0549. The first kappa shape index (κ1) is 20.4. The molecule has 1 aromatic heterocycles. The molecule has 7 heteroatoms. The Bertz CT molecular complexity index is 1190. The van der Waals surface area contributed by atoms with Crippen LogP contribution in [0.1, 0.15) is 40.3 Å². The van der Waals surface area contributed by atoms with Crippen LogP contribution in [0.2, 0.25) is 0 Å². The number of rotatable bonds is 4. The van der Waals surface area contributed by atoms with Crippen LogP contribution in [0.25, 0.3) is 23.0 Å². The van der Waals surface area contributed by atoms with E-state index < -0.39 is 17.5 Å². The summed E-state index contributed by atoms with van der Waals surface area (Å²) in [6, 6.07) is 14.6. The first-order chi connectivity index (χ1) is 14.8. The molecule has 158 valence electrons. The molecule has 0 amide bonds. The molecule has 1 aliphatic rings. The van der Waals surface area contributed by atoms with Gasteiger partial charge in [0.1, 0.15) is 22.6 Å². The number of benzene rings is 2. The average Bonchev–Trinajstić information content (AvgIpc) is 3.18. The lowest BCUT2D eigenvalue weighted by Gasteiger charge is -2.28. The second-order valence-electron chi connectivity index (χ2n) is 7.59. The minimum absolute atomic E-state index is 0.00111. The van der Waals surface area contributed by atoms with E-state index in [0.717, 1.165) is 11.3 Å². The van der Waals surface area contributed by atoms with Gasteiger partial charge < -0.3 is 14.2 Å². The van der Waals surface area contributed by atoms with Crippen molar-refractivity contribution in [2.45, 2.75) is 19.4 Å². The molecule has 2 aromatic carbocycles. The number of carbonyl (C=O) groups excluding carboxylic acids is 2. The van der Waals surface area contributed by atoms with E-state index in [9.17, 15) is 9.59 Å². The molecule has 31 heavy (non-hydrogen) atoms. The number of carbonyl (C=O) groups is 2. The molecule has 0 radical (unpaired) electrons. The Kier molecular flexibility index (Phi) is 5.10. The van der Waals surface area contributed by atoms with Gasteiger partial charge in [-0.15, -0.1) is 0 Å². The summed E-state index contributed by atoms with van der Waals surface area (Å²) < 4.78 is 17.3. The quantitative estimate of drug-likeness (QED) is 0.588. The summed E-state index contributed by atoms with van der Waals surface area (Å²) in [5.41, 5.74) is 2.06. The highest BCUT2D eigenvalue weighted by Crippen LogP contribution is 2.36. The van der Waals surface area contributed by atoms with Crippen LogP contribution in [0.5, 0.6) is 5.75 Å². The largest absolute Gasteiger partial charge is 0.483 e. The summed E-state index contributed by atoms with van der Waals surface area (Å²) in [5.74, 6) is -0.638. The van der Waals surface area contributed by atoms with Crippen LogP contribution in [-0.4, -0.2) is 41.5 Å². The molecule has 7 nitrogen and oxygen atoms in total. The van der Waals surface area contributed by atoms with Crippen LogP contribution in [0.3, 0.4) is 0 Å². The number of ether oxygens (including phenoxy) is 3. The molecule has 4 rings (SSSR count). The van der Waals surface area contributed by atoms with Gasteiger partial charge >= 0.3 is 11.9 Å². The number of nitrogens with zero attached hydrogens (tertiary/aromatic N) is 2.